The monoisotopic (exact) mass is 294 g/mol. The molecular weight excluding hydrogens is 276 g/mol. The summed E-state index contributed by atoms with van der Waals surface area (Å²) in [7, 11) is -3.61. The lowest BCUT2D eigenvalue weighted by Gasteiger charge is -2.33. The van der Waals surface area contributed by atoms with Crippen LogP contribution in [0.1, 0.15) is 24.5 Å². The smallest absolute Gasteiger partial charge is 0.243 e. The number of nitriles is 1. The van der Waals surface area contributed by atoms with Crippen LogP contribution in [-0.2, 0) is 10.0 Å². The summed E-state index contributed by atoms with van der Waals surface area (Å²) < 4.78 is 26.5. The number of benzene rings is 1. The predicted molar refractivity (Wildman–Crippen MR) is 74.4 cm³/mol. The van der Waals surface area contributed by atoms with Crippen LogP contribution in [0.2, 0.25) is 0 Å². The van der Waals surface area contributed by atoms with Crippen LogP contribution in [0.5, 0.6) is 0 Å². The average Bonchev–Trinajstić information content (AvgIpc) is 2.41. The first kappa shape index (κ1) is 15.0. The van der Waals surface area contributed by atoms with E-state index in [1.807, 2.05) is 13.0 Å². The van der Waals surface area contributed by atoms with Crippen LogP contribution in [0.4, 0.5) is 0 Å². The Morgan fingerprint density at radius 2 is 2.15 bits per heavy atom. The normalized spacial score (nSPS) is 24.3. The first-order valence-corrected chi connectivity index (χ1v) is 7.99. The summed E-state index contributed by atoms with van der Waals surface area (Å²) in [5.74, 6) is 0.114. The lowest BCUT2D eigenvalue weighted by Crippen LogP contribution is -2.45. The molecule has 0 spiro atoms. The van der Waals surface area contributed by atoms with E-state index in [4.69, 9.17) is 5.26 Å². The summed E-state index contributed by atoms with van der Waals surface area (Å²) in [6, 6.07) is 6.52. The van der Waals surface area contributed by atoms with E-state index < -0.39 is 16.1 Å². The molecule has 2 rings (SSSR count). The molecule has 108 valence electrons. The minimum Gasteiger partial charge on any atom is -0.391 e. The second kappa shape index (κ2) is 5.52. The number of hydrogen-bond donors (Lipinski definition) is 1. The van der Waals surface area contributed by atoms with Gasteiger partial charge in [-0.3, -0.25) is 0 Å². The van der Waals surface area contributed by atoms with Crippen molar-refractivity contribution in [2.24, 2.45) is 5.92 Å². The van der Waals surface area contributed by atoms with E-state index in [2.05, 4.69) is 0 Å². The molecule has 1 heterocycles. The summed E-state index contributed by atoms with van der Waals surface area (Å²) in [5, 5.41) is 18.7. The van der Waals surface area contributed by atoms with Crippen molar-refractivity contribution < 1.29 is 13.5 Å². The van der Waals surface area contributed by atoms with Gasteiger partial charge in [0.25, 0.3) is 0 Å². The number of sulfonamides is 1. The first-order chi connectivity index (χ1) is 9.36. The molecule has 0 radical (unpaired) electrons. The van der Waals surface area contributed by atoms with E-state index in [-0.39, 0.29) is 17.4 Å². The standard InChI is InChI=1S/C14H18N2O3S/c1-10-5-6-16(9-13(10)17)20(18,19)14-4-3-12(8-15)7-11(14)2/h3-4,7,10,13,17H,5-6,9H2,1-2H3. The van der Waals surface area contributed by atoms with E-state index in [9.17, 15) is 13.5 Å². The Balaban J connectivity index is 2.34. The van der Waals surface area contributed by atoms with Crippen LogP contribution in [-0.4, -0.2) is 37.0 Å². The van der Waals surface area contributed by atoms with Gasteiger partial charge in [-0.1, -0.05) is 6.92 Å². The van der Waals surface area contributed by atoms with Gasteiger partial charge in [0.2, 0.25) is 10.0 Å². The van der Waals surface area contributed by atoms with Crippen LogP contribution >= 0.6 is 0 Å². The largest absolute Gasteiger partial charge is 0.391 e. The number of piperidine rings is 1. The Morgan fingerprint density at radius 3 is 2.70 bits per heavy atom. The summed E-state index contributed by atoms with van der Waals surface area (Å²) in [6.07, 6.45) is 0.0210. The molecule has 0 bridgehead atoms. The summed E-state index contributed by atoms with van der Waals surface area (Å²) >= 11 is 0. The number of rotatable bonds is 2. The van der Waals surface area contributed by atoms with Crippen LogP contribution in [0.25, 0.3) is 0 Å². The van der Waals surface area contributed by atoms with Gasteiger partial charge in [-0.2, -0.15) is 9.57 Å². The van der Waals surface area contributed by atoms with Crippen molar-refractivity contribution in [3.05, 3.63) is 29.3 Å². The number of aliphatic hydroxyl groups excluding tert-OH is 1. The lowest BCUT2D eigenvalue weighted by molar-refractivity contribution is 0.0605. The van der Waals surface area contributed by atoms with E-state index >= 15 is 0 Å². The molecule has 1 aromatic rings. The van der Waals surface area contributed by atoms with Gasteiger partial charge in [0.15, 0.2) is 0 Å². The minimum absolute atomic E-state index is 0.114. The third-order valence-electron chi connectivity index (χ3n) is 3.80. The average molecular weight is 294 g/mol. The molecule has 1 N–H and O–H groups in total. The predicted octanol–water partition coefficient (Wildman–Crippen LogP) is 1.26. The Labute approximate surface area is 119 Å². The van der Waals surface area contributed by atoms with Gasteiger partial charge in [0.05, 0.1) is 22.6 Å². The zero-order valence-corrected chi connectivity index (χ0v) is 12.4. The van der Waals surface area contributed by atoms with E-state index in [0.29, 0.717) is 24.1 Å². The van der Waals surface area contributed by atoms with Gasteiger partial charge < -0.3 is 5.11 Å². The molecular formula is C14H18N2O3S. The quantitative estimate of drug-likeness (QED) is 0.890. The van der Waals surface area contributed by atoms with Crippen molar-refractivity contribution in [1.82, 2.24) is 4.31 Å². The van der Waals surface area contributed by atoms with Crippen molar-refractivity contribution in [1.29, 1.82) is 5.26 Å². The van der Waals surface area contributed by atoms with Crippen molar-refractivity contribution in [2.45, 2.75) is 31.3 Å². The van der Waals surface area contributed by atoms with Crippen LogP contribution < -0.4 is 0 Å². The van der Waals surface area contributed by atoms with Crippen LogP contribution in [0.3, 0.4) is 0 Å². The molecule has 2 atom stereocenters. The van der Waals surface area contributed by atoms with E-state index in [1.54, 1.807) is 13.0 Å². The highest BCUT2D eigenvalue weighted by Crippen LogP contribution is 2.26. The highest BCUT2D eigenvalue weighted by Gasteiger charge is 2.33. The van der Waals surface area contributed by atoms with Gasteiger partial charge in [0, 0.05) is 13.1 Å². The van der Waals surface area contributed by atoms with Gasteiger partial charge in [-0.15, -0.1) is 0 Å². The third kappa shape index (κ3) is 2.70. The maximum Gasteiger partial charge on any atom is 0.243 e. The molecule has 1 aliphatic rings. The first-order valence-electron chi connectivity index (χ1n) is 6.55. The van der Waals surface area contributed by atoms with Crippen molar-refractivity contribution >= 4 is 10.0 Å². The Morgan fingerprint density at radius 1 is 1.45 bits per heavy atom. The fraction of sp³-hybridized carbons (Fsp3) is 0.500. The molecule has 1 fully saturated rings. The Kier molecular flexibility index (Phi) is 4.14. The summed E-state index contributed by atoms with van der Waals surface area (Å²) in [4.78, 5) is 0.207. The van der Waals surface area contributed by atoms with Crippen molar-refractivity contribution in [3.63, 3.8) is 0 Å². The van der Waals surface area contributed by atoms with Gasteiger partial charge in [-0.25, -0.2) is 8.42 Å². The fourth-order valence-corrected chi connectivity index (χ4v) is 4.06. The number of β-amino-alcohol motifs (C(OH)–C–C–N with tert-alkyl or cyclic N) is 1. The van der Waals surface area contributed by atoms with Gasteiger partial charge in [-0.05, 0) is 43.0 Å². The molecule has 2 unspecified atom stereocenters. The molecule has 1 aromatic carbocycles. The molecule has 20 heavy (non-hydrogen) atoms. The molecule has 6 heteroatoms. The summed E-state index contributed by atoms with van der Waals surface area (Å²) in [6.45, 7) is 4.14. The molecule has 0 saturated carbocycles. The SMILES string of the molecule is Cc1cc(C#N)ccc1S(=O)(=O)N1CCC(C)C(O)C1. The van der Waals surface area contributed by atoms with Crippen LogP contribution in [0, 0.1) is 24.2 Å². The van der Waals surface area contributed by atoms with Crippen molar-refractivity contribution in [2.75, 3.05) is 13.1 Å². The molecule has 1 aliphatic heterocycles. The Hall–Kier alpha value is -1.42. The van der Waals surface area contributed by atoms with Crippen LogP contribution in [0.15, 0.2) is 23.1 Å². The summed E-state index contributed by atoms with van der Waals surface area (Å²) in [5.41, 5.74) is 0.992. The second-order valence-corrected chi connectivity index (χ2v) is 7.19. The van der Waals surface area contributed by atoms with E-state index in [1.165, 1.54) is 16.4 Å². The molecule has 0 aliphatic carbocycles. The van der Waals surface area contributed by atoms with Gasteiger partial charge >= 0.3 is 0 Å². The molecule has 0 aromatic heterocycles. The van der Waals surface area contributed by atoms with Gasteiger partial charge in [0.1, 0.15) is 0 Å². The third-order valence-corrected chi connectivity index (χ3v) is 5.83. The Bertz CT molecular complexity index is 649. The zero-order valence-electron chi connectivity index (χ0n) is 11.6. The maximum absolute atomic E-state index is 12.6. The molecule has 1 saturated heterocycles. The highest BCUT2D eigenvalue weighted by molar-refractivity contribution is 7.89. The van der Waals surface area contributed by atoms with Crippen molar-refractivity contribution in [3.8, 4) is 6.07 Å². The highest BCUT2D eigenvalue weighted by atomic mass is 32.2. The maximum atomic E-state index is 12.6. The number of aliphatic hydroxyl groups is 1. The minimum atomic E-state index is -3.61. The van der Waals surface area contributed by atoms with E-state index in [0.717, 1.165) is 0 Å². The zero-order chi connectivity index (χ0) is 14.9. The lowest BCUT2D eigenvalue weighted by atomic mass is 9.98. The second-order valence-electron chi connectivity index (χ2n) is 5.29. The topological polar surface area (TPSA) is 81.4 Å². The molecule has 5 nitrogen and oxygen atoms in total. The number of hydrogen-bond acceptors (Lipinski definition) is 4. The number of aryl methyl sites for hydroxylation is 1. The molecule has 0 amide bonds. The fourth-order valence-electron chi connectivity index (χ4n) is 2.39. The number of nitrogens with zero attached hydrogens (tertiary/aromatic N) is 2.